The van der Waals surface area contributed by atoms with Crippen molar-refractivity contribution in [3.63, 3.8) is 0 Å². The molecule has 0 spiro atoms. The van der Waals surface area contributed by atoms with Crippen LogP contribution in [0.4, 0.5) is 5.69 Å². The molecule has 0 saturated heterocycles. The number of hydrogen-bond donors (Lipinski definition) is 3. The van der Waals surface area contributed by atoms with Crippen LogP contribution in [0.25, 0.3) is 0 Å². The lowest BCUT2D eigenvalue weighted by atomic mass is 9.96. The van der Waals surface area contributed by atoms with E-state index in [0.717, 1.165) is 16.7 Å². The Kier molecular flexibility index (Phi) is 6.69. The molecule has 6 heteroatoms. The molecule has 2 aromatic carbocycles. The highest BCUT2D eigenvalue weighted by Crippen LogP contribution is 2.24. The smallest absolute Gasteiger partial charge is 0.272 e. The van der Waals surface area contributed by atoms with Crippen LogP contribution in [0.15, 0.2) is 36.4 Å². The maximum atomic E-state index is 13.3. The van der Waals surface area contributed by atoms with E-state index in [1.165, 1.54) is 5.01 Å². The molecule has 2 amide bonds. The van der Waals surface area contributed by atoms with Crippen molar-refractivity contribution in [3.05, 3.63) is 64.2 Å². The summed E-state index contributed by atoms with van der Waals surface area (Å²) in [5, 5.41) is 10.5. The normalized spacial score (nSPS) is 11.3. The molecule has 156 valence electrons. The molecule has 0 fully saturated rings. The van der Waals surface area contributed by atoms with E-state index in [4.69, 9.17) is 5.21 Å². The Bertz CT molecular complexity index is 894. The number of rotatable bonds is 4. The average Bonchev–Trinajstić information content (AvgIpc) is 2.63. The van der Waals surface area contributed by atoms with E-state index in [2.05, 4.69) is 10.9 Å². The van der Waals surface area contributed by atoms with Gasteiger partial charge < -0.3 is 0 Å². The van der Waals surface area contributed by atoms with Crippen molar-refractivity contribution in [2.75, 3.05) is 5.48 Å². The molecular weight excluding hydrogens is 366 g/mol. The van der Waals surface area contributed by atoms with E-state index in [9.17, 15) is 9.59 Å². The fourth-order valence-corrected chi connectivity index (χ4v) is 3.23. The van der Waals surface area contributed by atoms with Crippen molar-refractivity contribution in [2.45, 2.75) is 59.9 Å². The largest absolute Gasteiger partial charge is 0.291 e. The van der Waals surface area contributed by atoms with Gasteiger partial charge in [-0.2, -0.15) is 0 Å². The fraction of sp³-hybridized carbons (Fsp3) is 0.391. The van der Waals surface area contributed by atoms with Crippen LogP contribution in [0.5, 0.6) is 0 Å². The molecule has 2 aromatic rings. The molecule has 29 heavy (non-hydrogen) atoms. The van der Waals surface area contributed by atoms with E-state index in [1.54, 1.807) is 18.2 Å². The van der Waals surface area contributed by atoms with Gasteiger partial charge in [0.1, 0.15) is 0 Å². The van der Waals surface area contributed by atoms with Crippen LogP contribution >= 0.6 is 0 Å². The summed E-state index contributed by atoms with van der Waals surface area (Å²) < 4.78 is 0. The van der Waals surface area contributed by atoms with Crippen molar-refractivity contribution in [3.8, 4) is 0 Å². The molecule has 6 nitrogen and oxygen atoms in total. The second kappa shape index (κ2) is 8.66. The van der Waals surface area contributed by atoms with E-state index in [1.807, 2.05) is 66.7 Å². The number of nitrogens with one attached hydrogen (secondary N) is 2. The number of anilines is 1. The Morgan fingerprint density at radius 2 is 1.59 bits per heavy atom. The molecule has 0 unspecified atom stereocenters. The van der Waals surface area contributed by atoms with Gasteiger partial charge in [0.25, 0.3) is 11.8 Å². The Labute approximate surface area is 172 Å². The molecule has 0 aliphatic heterocycles. The number of carbonyl (C=O) groups is 2. The zero-order valence-corrected chi connectivity index (χ0v) is 18.3. The highest BCUT2D eigenvalue weighted by atomic mass is 16.5. The minimum atomic E-state index is -0.630. The first-order valence-corrected chi connectivity index (χ1v) is 9.72. The molecule has 0 saturated carbocycles. The van der Waals surface area contributed by atoms with E-state index < -0.39 is 5.54 Å². The molecular formula is C23H31N3O3. The summed E-state index contributed by atoms with van der Waals surface area (Å²) in [6, 6.07) is 10.6. The van der Waals surface area contributed by atoms with Gasteiger partial charge in [-0.25, -0.2) is 5.01 Å². The van der Waals surface area contributed by atoms with E-state index in [-0.39, 0.29) is 17.7 Å². The number of aryl methyl sites for hydroxylation is 2. The van der Waals surface area contributed by atoms with Gasteiger partial charge in [0.15, 0.2) is 0 Å². The van der Waals surface area contributed by atoms with Crippen molar-refractivity contribution in [2.24, 2.45) is 0 Å². The molecule has 0 atom stereocenters. The summed E-state index contributed by atoms with van der Waals surface area (Å²) >= 11 is 0. The first-order valence-electron chi connectivity index (χ1n) is 9.72. The zero-order valence-electron chi connectivity index (χ0n) is 18.3. The molecule has 0 radical (unpaired) electrons. The van der Waals surface area contributed by atoms with Crippen LogP contribution in [-0.4, -0.2) is 27.6 Å². The molecule has 2 rings (SSSR count). The Morgan fingerprint density at radius 1 is 1.00 bits per heavy atom. The summed E-state index contributed by atoms with van der Waals surface area (Å²) in [4.78, 5) is 26.4. The second-order valence-corrected chi connectivity index (χ2v) is 8.70. The lowest BCUT2D eigenvalue weighted by Gasteiger charge is -2.36. The average molecular weight is 398 g/mol. The number of nitrogens with zero attached hydrogens (tertiary/aromatic N) is 1. The summed E-state index contributed by atoms with van der Waals surface area (Å²) in [7, 11) is 0. The minimum Gasteiger partial charge on any atom is -0.291 e. The number of carbonyl (C=O) groups excluding carboxylic acids is 2. The molecule has 3 N–H and O–H groups in total. The maximum absolute atomic E-state index is 13.3. The van der Waals surface area contributed by atoms with Gasteiger partial charge in [0, 0.05) is 11.1 Å². The Balaban J connectivity index is 2.41. The van der Waals surface area contributed by atoms with Gasteiger partial charge >= 0.3 is 0 Å². The minimum absolute atomic E-state index is 0.0576. The third kappa shape index (κ3) is 5.35. The highest BCUT2D eigenvalue weighted by Gasteiger charge is 2.30. The molecule has 0 aliphatic rings. The molecule has 0 aliphatic carbocycles. The third-order valence-electron chi connectivity index (χ3n) is 4.60. The standard InChI is InChI=1S/C23H31N3O3/c1-14(2)20-13-18(25-29)8-9-19(20)21(27)24-26(23(5,6)7)22(28)17-11-15(3)10-16(4)12-17/h8-14,25,29H,1-7H3,(H,24,27). The summed E-state index contributed by atoms with van der Waals surface area (Å²) in [5.41, 5.74) is 8.53. The SMILES string of the molecule is Cc1cc(C)cc(C(=O)N(NC(=O)c2ccc(NO)cc2C(C)C)C(C)(C)C)c1. The molecule has 0 bridgehead atoms. The van der Waals surface area contributed by atoms with Crippen molar-refractivity contribution < 1.29 is 14.8 Å². The van der Waals surface area contributed by atoms with Crippen molar-refractivity contribution in [1.29, 1.82) is 0 Å². The van der Waals surface area contributed by atoms with Gasteiger partial charge in [-0.3, -0.25) is 25.7 Å². The van der Waals surface area contributed by atoms with Crippen molar-refractivity contribution in [1.82, 2.24) is 10.4 Å². The lowest BCUT2D eigenvalue weighted by Crippen LogP contribution is -2.56. The van der Waals surface area contributed by atoms with Gasteiger partial charge in [-0.1, -0.05) is 31.0 Å². The van der Waals surface area contributed by atoms with Gasteiger partial charge in [0.2, 0.25) is 0 Å². The summed E-state index contributed by atoms with van der Waals surface area (Å²) in [6.45, 7) is 13.4. The fourth-order valence-electron chi connectivity index (χ4n) is 3.23. The highest BCUT2D eigenvalue weighted by molar-refractivity contribution is 6.00. The number of hydrazine groups is 1. The second-order valence-electron chi connectivity index (χ2n) is 8.70. The summed E-state index contributed by atoms with van der Waals surface area (Å²) in [6.07, 6.45) is 0. The maximum Gasteiger partial charge on any atom is 0.272 e. The lowest BCUT2D eigenvalue weighted by molar-refractivity contribution is 0.0358. The first kappa shape index (κ1) is 22.4. The first-order chi connectivity index (χ1) is 13.4. The van der Waals surface area contributed by atoms with Gasteiger partial charge in [-0.15, -0.1) is 0 Å². The zero-order chi connectivity index (χ0) is 21.9. The quantitative estimate of drug-likeness (QED) is 0.647. The van der Waals surface area contributed by atoms with Crippen LogP contribution in [0.2, 0.25) is 0 Å². The van der Waals surface area contributed by atoms with Gasteiger partial charge in [0.05, 0.1) is 11.2 Å². The Hall–Kier alpha value is -2.86. The Morgan fingerprint density at radius 3 is 2.07 bits per heavy atom. The molecule has 0 heterocycles. The third-order valence-corrected chi connectivity index (χ3v) is 4.60. The van der Waals surface area contributed by atoms with Crippen LogP contribution in [0.1, 0.15) is 77.9 Å². The number of benzene rings is 2. The van der Waals surface area contributed by atoms with E-state index >= 15 is 0 Å². The number of hydrogen-bond acceptors (Lipinski definition) is 4. The van der Waals surface area contributed by atoms with Crippen LogP contribution < -0.4 is 10.9 Å². The molecule has 0 aromatic heterocycles. The predicted molar refractivity (Wildman–Crippen MR) is 115 cm³/mol. The monoisotopic (exact) mass is 397 g/mol. The van der Waals surface area contributed by atoms with Crippen LogP contribution in [0, 0.1) is 13.8 Å². The van der Waals surface area contributed by atoms with Crippen molar-refractivity contribution >= 4 is 17.5 Å². The van der Waals surface area contributed by atoms with Crippen LogP contribution in [-0.2, 0) is 0 Å². The topological polar surface area (TPSA) is 81.7 Å². The summed E-state index contributed by atoms with van der Waals surface area (Å²) in [5.74, 6) is -0.578. The number of amides is 2. The van der Waals surface area contributed by atoms with Gasteiger partial charge in [-0.05, 0) is 76.4 Å². The van der Waals surface area contributed by atoms with Crippen LogP contribution in [0.3, 0.4) is 0 Å². The predicted octanol–water partition coefficient (Wildman–Crippen LogP) is 4.81. The van der Waals surface area contributed by atoms with E-state index in [0.29, 0.717) is 16.8 Å².